The Morgan fingerprint density at radius 3 is 2.53 bits per heavy atom. The van der Waals surface area contributed by atoms with E-state index < -0.39 is 17.9 Å². The van der Waals surface area contributed by atoms with Crippen molar-refractivity contribution in [3.63, 3.8) is 0 Å². The molecular weight excluding hydrogens is 254 g/mol. The van der Waals surface area contributed by atoms with Crippen LogP contribution in [0.25, 0.3) is 0 Å². The number of carbonyl (C=O) groups excluding carboxylic acids is 1. The Balaban J connectivity index is 2.60. The van der Waals surface area contributed by atoms with Crippen LogP contribution in [0.3, 0.4) is 0 Å². The average Bonchev–Trinajstić information content (AvgIpc) is 2.30. The lowest BCUT2D eigenvalue weighted by atomic mass is 10.1. The van der Waals surface area contributed by atoms with E-state index in [1.165, 1.54) is 12.1 Å². The third-order valence-corrected chi connectivity index (χ3v) is 2.34. The lowest BCUT2D eigenvalue weighted by Crippen LogP contribution is -2.41. The van der Waals surface area contributed by atoms with Gasteiger partial charge < -0.3 is 26.5 Å². The van der Waals surface area contributed by atoms with Gasteiger partial charge in [0.05, 0.1) is 5.69 Å². The number of hydrogen-bond acceptors (Lipinski definition) is 6. The van der Waals surface area contributed by atoms with Crippen molar-refractivity contribution in [1.82, 2.24) is 5.43 Å². The maximum atomic E-state index is 10.9. The number of nitrogens with two attached hydrogens (primary N) is 1. The Bertz CT molecular complexity index is 477. The normalized spacial score (nSPS) is 11.8. The summed E-state index contributed by atoms with van der Waals surface area (Å²) in [6.45, 7) is 0. The first kappa shape index (κ1) is 14.6. The van der Waals surface area contributed by atoms with Gasteiger partial charge in [0.25, 0.3) is 0 Å². The summed E-state index contributed by atoms with van der Waals surface area (Å²) in [5.74, 6) is -2.12. The molecule has 8 heteroatoms. The number of phenols is 2. The Kier molecular flexibility index (Phi) is 4.95. The number of carboxylic acid groups (broad SMARTS) is 1. The van der Waals surface area contributed by atoms with Gasteiger partial charge in [0, 0.05) is 12.5 Å². The van der Waals surface area contributed by atoms with Gasteiger partial charge in [-0.1, -0.05) is 0 Å². The number of benzene rings is 1. The van der Waals surface area contributed by atoms with Crippen molar-refractivity contribution in [2.45, 2.75) is 18.9 Å². The molecular formula is C11H15N3O5. The number of anilines is 1. The monoisotopic (exact) mass is 269 g/mol. The second-order valence-electron chi connectivity index (χ2n) is 3.87. The molecule has 1 amide bonds. The van der Waals surface area contributed by atoms with E-state index >= 15 is 0 Å². The number of nitrogens with one attached hydrogen (secondary N) is 2. The summed E-state index contributed by atoms with van der Waals surface area (Å²) in [4.78, 5) is 21.5. The fraction of sp³-hybridized carbons (Fsp3) is 0.273. The molecule has 0 saturated heterocycles. The summed E-state index contributed by atoms with van der Waals surface area (Å²) in [5.41, 5.74) is 10.1. The first-order chi connectivity index (χ1) is 8.90. The molecule has 0 saturated carbocycles. The molecule has 0 aliphatic carbocycles. The van der Waals surface area contributed by atoms with Gasteiger partial charge >= 0.3 is 5.97 Å². The van der Waals surface area contributed by atoms with Crippen LogP contribution in [0.1, 0.15) is 12.8 Å². The van der Waals surface area contributed by atoms with Crippen LogP contribution in [0.15, 0.2) is 18.2 Å². The predicted molar refractivity (Wildman–Crippen MR) is 66.4 cm³/mol. The minimum absolute atomic E-state index is 0.0104. The molecule has 0 radical (unpaired) electrons. The van der Waals surface area contributed by atoms with Gasteiger partial charge in [-0.05, 0) is 18.6 Å². The Labute approximate surface area is 108 Å². The van der Waals surface area contributed by atoms with Crippen molar-refractivity contribution in [3.05, 3.63) is 18.2 Å². The minimum atomic E-state index is -1.16. The average molecular weight is 269 g/mol. The Hall–Kier alpha value is -2.48. The van der Waals surface area contributed by atoms with Crippen molar-refractivity contribution in [3.8, 4) is 11.5 Å². The largest absolute Gasteiger partial charge is 0.508 e. The third-order valence-electron chi connectivity index (χ3n) is 2.34. The maximum Gasteiger partial charge on any atom is 0.322 e. The highest BCUT2D eigenvalue weighted by Gasteiger charge is 2.18. The predicted octanol–water partition coefficient (Wildman–Crippen LogP) is -0.267. The quantitative estimate of drug-likeness (QED) is 0.227. The van der Waals surface area contributed by atoms with Crippen LogP contribution < -0.4 is 16.6 Å². The molecule has 8 nitrogen and oxygen atoms in total. The topological polar surface area (TPSA) is 145 Å². The molecule has 0 aliphatic heterocycles. The number of hydrazine groups is 1. The number of primary amides is 1. The van der Waals surface area contributed by atoms with E-state index in [4.69, 9.17) is 15.9 Å². The zero-order valence-electron chi connectivity index (χ0n) is 9.96. The van der Waals surface area contributed by atoms with E-state index in [-0.39, 0.29) is 30.0 Å². The molecule has 1 atom stereocenters. The van der Waals surface area contributed by atoms with Crippen LogP contribution in [-0.4, -0.2) is 33.2 Å². The Morgan fingerprint density at radius 1 is 1.32 bits per heavy atom. The van der Waals surface area contributed by atoms with Gasteiger partial charge in [-0.15, -0.1) is 0 Å². The number of carboxylic acids is 1. The van der Waals surface area contributed by atoms with E-state index in [2.05, 4.69) is 10.9 Å². The first-order valence-electron chi connectivity index (χ1n) is 5.44. The van der Waals surface area contributed by atoms with Crippen LogP contribution in [0.4, 0.5) is 5.69 Å². The number of rotatable bonds is 7. The molecule has 104 valence electrons. The minimum Gasteiger partial charge on any atom is -0.508 e. The highest BCUT2D eigenvalue weighted by atomic mass is 16.4. The highest BCUT2D eigenvalue weighted by molar-refractivity contribution is 5.77. The zero-order chi connectivity index (χ0) is 14.4. The summed E-state index contributed by atoms with van der Waals surface area (Å²) < 4.78 is 0. The van der Waals surface area contributed by atoms with Gasteiger partial charge in [0.2, 0.25) is 5.91 Å². The molecule has 1 aromatic carbocycles. The summed E-state index contributed by atoms with van der Waals surface area (Å²) >= 11 is 0. The number of phenolic OH excluding ortho intramolecular Hbond substituents is 2. The van der Waals surface area contributed by atoms with E-state index in [1.54, 1.807) is 0 Å². The molecule has 0 heterocycles. The number of hydrogen-bond donors (Lipinski definition) is 6. The summed E-state index contributed by atoms with van der Waals surface area (Å²) in [5, 5.41) is 27.5. The lowest BCUT2D eigenvalue weighted by molar-refractivity contribution is -0.139. The standard InChI is InChI=1S/C11H15N3O5/c12-10(17)4-3-8(11(18)19)14-13-7-2-1-6(15)5-9(7)16/h1-2,5,8,13-16H,3-4H2,(H2,12,17)(H,18,19)/t8-/m1/s1. The maximum absolute atomic E-state index is 10.9. The van der Waals surface area contributed by atoms with Gasteiger partial charge in [-0.3, -0.25) is 9.59 Å². The Morgan fingerprint density at radius 2 is 2.00 bits per heavy atom. The van der Waals surface area contributed by atoms with Crippen LogP contribution in [0.5, 0.6) is 11.5 Å². The van der Waals surface area contributed by atoms with Crippen molar-refractivity contribution >= 4 is 17.6 Å². The van der Waals surface area contributed by atoms with E-state index in [1.807, 2.05) is 0 Å². The molecule has 0 aromatic heterocycles. The second-order valence-corrected chi connectivity index (χ2v) is 3.87. The molecule has 0 aliphatic rings. The number of amides is 1. The fourth-order valence-corrected chi connectivity index (χ4v) is 1.33. The number of aromatic hydroxyl groups is 2. The first-order valence-corrected chi connectivity index (χ1v) is 5.44. The van der Waals surface area contributed by atoms with Crippen LogP contribution >= 0.6 is 0 Å². The van der Waals surface area contributed by atoms with E-state index in [0.29, 0.717) is 0 Å². The molecule has 7 N–H and O–H groups in total. The number of carbonyl (C=O) groups is 2. The molecule has 19 heavy (non-hydrogen) atoms. The van der Waals surface area contributed by atoms with Crippen LogP contribution in [0.2, 0.25) is 0 Å². The van der Waals surface area contributed by atoms with Gasteiger partial charge in [0.15, 0.2) is 0 Å². The van der Waals surface area contributed by atoms with Crippen molar-refractivity contribution < 1.29 is 24.9 Å². The molecule has 1 rings (SSSR count). The summed E-state index contributed by atoms with van der Waals surface area (Å²) in [7, 11) is 0. The lowest BCUT2D eigenvalue weighted by Gasteiger charge is -2.16. The fourth-order valence-electron chi connectivity index (χ4n) is 1.33. The van der Waals surface area contributed by atoms with Crippen LogP contribution in [0, 0.1) is 0 Å². The molecule has 1 aromatic rings. The number of aliphatic carboxylic acids is 1. The van der Waals surface area contributed by atoms with E-state index in [0.717, 1.165) is 6.07 Å². The van der Waals surface area contributed by atoms with Gasteiger partial charge in [0.1, 0.15) is 17.5 Å². The van der Waals surface area contributed by atoms with Crippen LogP contribution in [-0.2, 0) is 9.59 Å². The van der Waals surface area contributed by atoms with Gasteiger partial charge in [-0.25, -0.2) is 5.43 Å². The molecule has 0 unspecified atom stereocenters. The zero-order valence-corrected chi connectivity index (χ0v) is 9.96. The smallest absolute Gasteiger partial charge is 0.322 e. The van der Waals surface area contributed by atoms with E-state index in [9.17, 15) is 14.7 Å². The van der Waals surface area contributed by atoms with Crippen molar-refractivity contribution in [2.75, 3.05) is 5.43 Å². The van der Waals surface area contributed by atoms with Gasteiger partial charge in [-0.2, -0.15) is 0 Å². The highest BCUT2D eigenvalue weighted by Crippen LogP contribution is 2.26. The van der Waals surface area contributed by atoms with Crippen molar-refractivity contribution in [1.29, 1.82) is 0 Å². The molecule has 0 fully saturated rings. The second kappa shape index (κ2) is 6.45. The molecule has 0 spiro atoms. The SMILES string of the molecule is NC(=O)CC[C@@H](NNc1ccc(O)cc1O)C(=O)O. The summed E-state index contributed by atoms with van der Waals surface area (Å²) in [6.07, 6.45) is -0.0658. The third kappa shape index (κ3) is 4.72. The molecule has 0 bridgehead atoms. The van der Waals surface area contributed by atoms with Crippen molar-refractivity contribution in [2.24, 2.45) is 5.73 Å². The summed E-state index contributed by atoms with van der Waals surface area (Å²) in [6, 6.07) is 2.75.